The normalized spacial score (nSPS) is 10.7. The maximum absolute atomic E-state index is 6.09. The number of ether oxygens (including phenoxy) is 3. The van der Waals surface area contributed by atoms with E-state index in [4.69, 9.17) is 14.2 Å². The molecule has 0 saturated carbocycles. The summed E-state index contributed by atoms with van der Waals surface area (Å²) < 4.78 is 18.3. The highest BCUT2D eigenvalue weighted by atomic mass is 16.5. The standard InChI is InChI=1S/C29H30N2O3/c1-4-32-27-15-23(14-24-17-30-20-31-18-24)16-28(33-5-2)29(27)25-11-12-26(21(3)13-25)34-19-22-9-7-6-8-10-22/h6-13,15-18,20H,4-5,14,19H2,1-3H3. The Bertz CT molecular complexity index is 1180. The van der Waals surface area contributed by atoms with E-state index >= 15 is 0 Å². The summed E-state index contributed by atoms with van der Waals surface area (Å²) >= 11 is 0. The van der Waals surface area contributed by atoms with Crippen molar-refractivity contribution in [1.82, 2.24) is 9.97 Å². The maximum Gasteiger partial charge on any atom is 0.131 e. The molecule has 174 valence electrons. The third-order valence-corrected chi connectivity index (χ3v) is 5.45. The van der Waals surface area contributed by atoms with Crippen molar-refractivity contribution in [3.8, 4) is 28.4 Å². The Morgan fingerprint density at radius 1 is 0.676 bits per heavy atom. The zero-order valence-electron chi connectivity index (χ0n) is 20.0. The van der Waals surface area contributed by atoms with E-state index in [0.717, 1.165) is 50.6 Å². The molecule has 0 aliphatic heterocycles. The van der Waals surface area contributed by atoms with Gasteiger partial charge in [0.15, 0.2) is 0 Å². The molecule has 34 heavy (non-hydrogen) atoms. The SMILES string of the molecule is CCOc1cc(Cc2cncnc2)cc(OCC)c1-c1ccc(OCc2ccccc2)c(C)c1. The van der Waals surface area contributed by atoms with Crippen molar-refractivity contribution >= 4 is 0 Å². The summed E-state index contributed by atoms with van der Waals surface area (Å²) in [5, 5.41) is 0. The second-order valence-corrected chi connectivity index (χ2v) is 8.01. The number of aryl methyl sites for hydroxylation is 1. The van der Waals surface area contributed by atoms with E-state index in [0.29, 0.717) is 26.2 Å². The molecule has 5 nitrogen and oxygen atoms in total. The molecule has 4 aromatic rings. The second-order valence-electron chi connectivity index (χ2n) is 8.01. The van der Waals surface area contributed by atoms with Gasteiger partial charge in [-0.15, -0.1) is 0 Å². The van der Waals surface area contributed by atoms with Crippen molar-refractivity contribution in [2.45, 2.75) is 33.8 Å². The highest BCUT2D eigenvalue weighted by Crippen LogP contribution is 2.41. The van der Waals surface area contributed by atoms with Crippen LogP contribution in [0.2, 0.25) is 0 Å². The van der Waals surface area contributed by atoms with Crippen LogP contribution in [0.5, 0.6) is 17.2 Å². The first-order chi connectivity index (χ1) is 16.7. The van der Waals surface area contributed by atoms with E-state index in [2.05, 4.69) is 53.3 Å². The van der Waals surface area contributed by atoms with Crippen molar-refractivity contribution in [2.24, 2.45) is 0 Å². The molecule has 0 N–H and O–H groups in total. The predicted octanol–water partition coefficient (Wildman–Crippen LogP) is 6.42. The van der Waals surface area contributed by atoms with Crippen LogP contribution in [-0.2, 0) is 13.0 Å². The molecule has 0 saturated heterocycles. The molecule has 0 bridgehead atoms. The summed E-state index contributed by atoms with van der Waals surface area (Å²) in [7, 11) is 0. The Balaban J connectivity index is 1.66. The van der Waals surface area contributed by atoms with E-state index in [9.17, 15) is 0 Å². The van der Waals surface area contributed by atoms with Crippen LogP contribution >= 0.6 is 0 Å². The van der Waals surface area contributed by atoms with E-state index in [1.807, 2.05) is 50.5 Å². The van der Waals surface area contributed by atoms with Gasteiger partial charge in [-0.3, -0.25) is 0 Å². The molecule has 0 amide bonds. The summed E-state index contributed by atoms with van der Waals surface area (Å²) in [6.07, 6.45) is 5.91. The number of aromatic nitrogens is 2. The van der Waals surface area contributed by atoms with Gasteiger partial charge in [-0.05, 0) is 72.9 Å². The molecule has 0 unspecified atom stereocenters. The second kappa shape index (κ2) is 11.3. The van der Waals surface area contributed by atoms with Gasteiger partial charge >= 0.3 is 0 Å². The minimum Gasteiger partial charge on any atom is -0.493 e. The van der Waals surface area contributed by atoms with Crippen LogP contribution in [0.15, 0.2) is 79.4 Å². The van der Waals surface area contributed by atoms with Gasteiger partial charge in [0.25, 0.3) is 0 Å². The Hall–Kier alpha value is -3.86. The van der Waals surface area contributed by atoms with Crippen molar-refractivity contribution in [3.05, 3.63) is 102 Å². The van der Waals surface area contributed by atoms with E-state index in [1.54, 1.807) is 6.33 Å². The van der Waals surface area contributed by atoms with Crippen LogP contribution < -0.4 is 14.2 Å². The molecular weight excluding hydrogens is 424 g/mol. The minimum atomic E-state index is 0.535. The van der Waals surface area contributed by atoms with Crippen LogP contribution in [0, 0.1) is 6.92 Å². The summed E-state index contributed by atoms with van der Waals surface area (Å²) in [4.78, 5) is 8.26. The third-order valence-electron chi connectivity index (χ3n) is 5.45. The first kappa shape index (κ1) is 23.3. The van der Waals surface area contributed by atoms with Gasteiger partial charge in [0.2, 0.25) is 0 Å². The first-order valence-electron chi connectivity index (χ1n) is 11.6. The van der Waals surface area contributed by atoms with E-state index < -0.39 is 0 Å². The summed E-state index contributed by atoms with van der Waals surface area (Å²) in [6, 6.07) is 20.6. The van der Waals surface area contributed by atoms with E-state index in [1.165, 1.54) is 0 Å². The monoisotopic (exact) mass is 454 g/mol. The Morgan fingerprint density at radius 2 is 1.35 bits per heavy atom. The molecule has 1 aromatic heterocycles. The average Bonchev–Trinajstić information content (AvgIpc) is 2.85. The molecule has 0 aliphatic rings. The molecule has 0 atom stereocenters. The lowest BCUT2D eigenvalue weighted by Gasteiger charge is -2.19. The van der Waals surface area contributed by atoms with Crippen molar-refractivity contribution < 1.29 is 14.2 Å². The molecule has 0 fully saturated rings. The number of hydrogen-bond acceptors (Lipinski definition) is 5. The number of rotatable bonds is 10. The maximum atomic E-state index is 6.09. The fraction of sp³-hybridized carbons (Fsp3) is 0.241. The summed E-state index contributed by atoms with van der Waals surface area (Å²) in [5.41, 5.74) is 6.31. The van der Waals surface area contributed by atoms with Crippen LogP contribution in [0.1, 0.15) is 36.1 Å². The fourth-order valence-corrected chi connectivity index (χ4v) is 3.93. The quantitative estimate of drug-likeness (QED) is 0.277. The zero-order chi connectivity index (χ0) is 23.8. The first-order valence-corrected chi connectivity index (χ1v) is 11.6. The molecule has 0 radical (unpaired) electrons. The van der Waals surface area contributed by atoms with Crippen molar-refractivity contribution in [1.29, 1.82) is 0 Å². The van der Waals surface area contributed by atoms with Gasteiger partial charge in [0, 0.05) is 18.8 Å². The summed E-state index contributed by atoms with van der Waals surface area (Å²) in [5.74, 6) is 2.47. The molecule has 5 heteroatoms. The zero-order valence-corrected chi connectivity index (χ0v) is 20.0. The van der Waals surface area contributed by atoms with Crippen molar-refractivity contribution in [2.75, 3.05) is 13.2 Å². The van der Waals surface area contributed by atoms with Gasteiger partial charge < -0.3 is 14.2 Å². The number of hydrogen-bond donors (Lipinski definition) is 0. The van der Waals surface area contributed by atoms with Crippen LogP contribution in [0.4, 0.5) is 0 Å². The van der Waals surface area contributed by atoms with Gasteiger partial charge in [0.1, 0.15) is 30.2 Å². The molecular formula is C29H30N2O3. The summed E-state index contributed by atoms with van der Waals surface area (Å²) in [6.45, 7) is 7.71. The number of benzene rings is 3. The number of nitrogens with zero attached hydrogens (tertiary/aromatic N) is 2. The van der Waals surface area contributed by atoms with Crippen molar-refractivity contribution in [3.63, 3.8) is 0 Å². The topological polar surface area (TPSA) is 53.5 Å². The molecule has 3 aromatic carbocycles. The third kappa shape index (κ3) is 5.73. The lowest BCUT2D eigenvalue weighted by Crippen LogP contribution is -2.02. The Kier molecular flexibility index (Phi) is 7.76. The highest BCUT2D eigenvalue weighted by molar-refractivity contribution is 5.78. The molecule has 0 spiro atoms. The van der Waals surface area contributed by atoms with Crippen LogP contribution in [0.25, 0.3) is 11.1 Å². The van der Waals surface area contributed by atoms with Gasteiger partial charge in [-0.2, -0.15) is 0 Å². The molecule has 4 rings (SSSR count). The van der Waals surface area contributed by atoms with Gasteiger partial charge in [-0.25, -0.2) is 9.97 Å². The predicted molar refractivity (Wildman–Crippen MR) is 135 cm³/mol. The lowest BCUT2D eigenvalue weighted by molar-refractivity contribution is 0.304. The van der Waals surface area contributed by atoms with Gasteiger partial charge in [0.05, 0.1) is 18.8 Å². The molecule has 1 heterocycles. The average molecular weight is 455 g/mol. The van der Waals surface area contributed by atoms with Crippen LogP contribution in [0.3, 0.4) is 0 Å². The van der Waals surface area contributed by atoms with Crippen LogP contribution in [-0.4, -0.2) is 23.2 Å². The minimum absolute atomic E-state index is 0.535. The smallest absolute Gasteiger partial charge is 0.131 e. The fourth-order valence-electron chi connectivity index (χ4n) is 3.93. The largest absolute Gasteiger partial charge is 0.493 e. The van der Waals surface area contributed by atoms with E-state index in [-0.39, 0.29) is 0 Å². The molecule has 0 aliphatic carbocycles. The van der Waals surface area contributed by atoms with Gasteiger partial charge in [-0.1, -0.05) is 36.4 Å². The highest BCUT2D eigenvalue weighted by Gasteiger charge is 2.17. The Morgan fingerprint density at radius 3 is 1.97 bits per heavy atom. The lowest BCUT2D eigenvalue weighted by atomic mass is 9.97. The Labute approximate surface area is 201 Å².